The summed E-state index contributed by atoms with van der Waals surface area (Å²) in [7, 11) is 1.49. The van der Waals surface area contributed by atoms with E-state index in [1.807, 2.05) is 0 Å². The van der Waals surface area contributed by atoms with Gasteiger partial charge in [0.2, 0.25) is 0 Å². The average molecular weight is 433 g/mol. The van der Waals surface area contributed by atoms with Gasteiger partial charge in [-0.3, -0.25) is 4.68 Å². The van der Waals surface area contributed by atoms with Gasteiger partial charge in [-0.1, -0.05) is 0 Å². The Labute approximate surface area is 176 Å². The molecule has 0 fully saturated rings. The molecule has 0 unspecified atom stereocenters. The fourth-order valence-electron chi connectivity index (χ4n) is 3.40. The molecule has 0 radical (unpaired) electrons. The molecule has 0 saturated carbocycles. The Morgan fingerprint density at radius 1 is 1.27 bits per heavy atom. The summed E-state index contributed by atoms with van der Waals surface area (Å²) in [5.74, 6) is 1.39. The molecule has 1 aromatic carbocycles. The highest BCUT2D eigenvalue weighted by molar-refractivity contribution is 7.98. The van der Waals surface area contributed by atoms with Crippen LogP contribution in [0.25, 0.3) is 11.5 Å². The van der Waals surface area contributed by atoms with Gasteiger partial charge < -0.3 is 15.2 Å². The van der Waals surface area contributed by atoms with Crippen molar-refractivity contribution in [1.29, 1.82) is 0 Å². The summed E-state index contributed by atoms with van der Waals surface area (Å²) in [6.07, 6.45) is 2.23. The smallest absolute Gasteiger partial charge is 0.182 e. The van der Waals surface area contributed by atoms with E-state index in [-0.39, 0.29) is 23.7 Å². The molecule has 0 amide bonds. The fraction of sp³-hybridized carbons (Fsp3) is 0.350. The highest BCUT2D eigenvalue weighted by Crippen LogP contribution is 2.34. The van der Waals surface area contributed by atoms with E-state index < -0.39 is 11.6 Å². The van der Waals surface area contributed by atoms with E-state index in [4.69, 9.17) is 15.2 Å². The zero-order chi connectivity index (χ0) is 21.3. The number of nitrogens with two attached hydrogens (primary N) is 1. The molecule has 0 spiro atoms. The molecular formula is C20H21F2N5O2S. The molecule has 3 heterocycles. The van der Waals surface area contributed by atoms with Gasteiger partial charge in [0.1, 0.15) is 23.1 Å². The van der Waals surface area contributed by atoms with Gasteiger partial charge in [-0.05, 0) is 19.1 Å². The van der Waals surface area contributed by atoms with Crippen LogP contribution in [0, 0.1) is 11.6 Å². The number of halogens is 2. The van der Waals surface area contributed by atoms with E-state index in [1.54, 1.807) is 23.4 Å². The number of methoxy groups -OCH3 is 1. The summed E-state index contributed by atoms with van der Waals surface area (Å²) in [5, 5.41) is 4.61. The number of aromatic nitrogens is 4. The normalized spacial score (nSPS) is 13.2. The minimum absolute atomic E-state index is 0.0390. The first kappa shape index (κ1) is 20.4. The Balaban J connectivity index is 1.75. The monoisotopic (exact) mass is 433 g/mol. The van der Waals surface area contributed by atoms with E-state index in [1.165, 1.54) is 25.4 Å². The Bertz CT molecular complexity index is 1070. The van der Waals surface area contributed by atoms with Crippen LogP contribution in [0.3, 0.4) is 0 Å². The SMILES string of the molecule is CCOc1cc(F)c(Cn2nc(-c3ncc(OC)c(N)n3)c3c2CCSC3)c(F)c1. The van der Waals surface area contributed by atoms with Gasteiger partial charge in [-0.15, -0.1) is 0 Å². The lowest BCUT2D eigenvalue weighted by atomic mass is 10.1. The van der Waals surface area contributed by atoms with Crippen LogP contribution in [-0.2, 0) is 18.7 Å². The molecule has 1 aliphatic rings. The predicted molar refractivity (Wildman–Crippen MR) is 111 cm³/mol. The zero-order valence-electron chi connectivity index (χ0n) is 16.6. The molecule has 4 rings (SSSR count). The van der Waals surface area contributed by atoms with E-state index in [2.05, 4.69) is 15.1 Å². The van der Waals surface area contributed by atoms with Gasteiger partial charge in [0.15, 0.2) is 17.4 Å². The Kier molecular flexibility index (Phi) is 5.76. The molecule has 0 saturated heterocycles. The number of nitrogens with zero attached hydrogens (tertiary/aromatic N) is 4. The maximum atomic E-state index is 14.6. The van der Waals surface area contributed by atoms with Gasteiger partial charge in [-0.25, -0.2) is 18.7 Å². The number of anilines is 1. The van der Waals surface area contributed by atoms with Crippen LogP contribution in [0.5, 0.6) is 11.5 Å². The third-order valence-corrected chi connectivity index (χ3v) is 5.83. The van der Waals surface area contributed by atoms with Crippen molar-refractivity contribution in [1.82, 2.24) is 19.7 Å². The maximum absolute atomic E-state index is 14.6. The molecule has 10 heteroatoms. The minimum atomic E-state index is -0.667. The Hall–Kier alpha value is -2.88. The first-order valence-corrected chi connectivity index (χ1v) is 10.6. The topological polar surface area (TPSA) is 88.1 Å². The van der Waals surface area contributed by atoms with Crippen LogP contribution < -0.4 is 15.2 Å². The quantitative estimate of drug-likeness (QED) is 0.637. The predicted octanol–water partition coefficient (Wildman–Crippen LogP) is 3.45. The highest BCUT2D eigenvalue weighted by Gasteiger charge is 2.25. The van der Waals surface area contributed by atoms with Gasteiger partial charge in [0.05, 0.1) is 26.5 Å². The summed E-state index contributed by atoms with van der Waals surface area (Å²) >= 11 is 1.76. The standard InChI is InChI=1S/C20H21F2N5O2S/c1-3-29-11-6-14(21)12(15(22)7-11)9-27-16-4-5-30-10-13(16)18(26-27)20-24-8-17(28-2)19(23)25-20/h6-8H,3-5,9-10H2,1-2H3,(H2,23,24,25). The molecule has 7 nitrogen and oxygen atoms in total. The lowest BCUT2D eigenvalue weighted by molar-refractivity contribution is 0.335. The van der Waals surface area contributed by atoms with Gasteiger partial charge in [-0.2, -0.15) is 16.9 Å². The number of benzene rings is 1. The summed E-state index contributed by atoms with van der Waals surface area (Å²) < 4.78 is 41.2. The summed E-state index contributed by atoms with van der Waals surface area (Å²) in [6.45, 7) is 2.05. The van der Waals surface area contributed by atoms with Crippen molar-refractivity contribution in [3.63, 3.8) is 0 Å². The minimum Gasteiger partial charge on any atom is -0.494 e. The number of hydrogen-bond acceptors (Lipinski definition) is 7. The third kappa shape index (κ3) is 3.79. The van der Waals surface area contributed by atoms with Crippen LogP contribution in [0.1, 0.15) is 23.7 Å². The lowest BCUT2D eigenvalue weighted by Crippen LogP contribution is -2.13. The van der Waals surface area contributed by atoms with Crippen LogP contribution >= 0.6 is 11.8 Å². The second-order valence-corrected chi connectivity index (χ2v) is 7.78. The summed E-state index contributed by atoms with van der Waals surface area (Å²) in [4.78, 5) is 8.61. The lowest BCUT2D eigenvalue weighted by Gasteiger charge is -2.15. The van der Waals surface area contributed by atoms with Gasteiger partial charge in [0.25, 0.3) is 0 Å². The van der Waals surface area contributed by atoms with Crippen LogP contribution in [-0.4, -0.2) is 39.2 Å². The molecule has 158 valence electrons. The van der Waals surface area contributed by atoms with E-state index >= 15 is 0 Å². The second-order valence-electron chi connectivity index (χ2n) is 6.68. The van der Waals surface area contributed by atoms with Gasteiger partial charge in [0, 0.05) is 34.7 Å². The molecule has 0 bridgehead atoms. The molecule has 2 N–H and O–H groups in total. The molecule has 0 aliphatic carbocycles. The Morgan fingerprint density at radius 3 is 2.70 bits per heavy atom. The van der Waals surface area contributed by atoms with Crippen molar-refractivity contribution in [2.45, 2.75) is 25.6 Å². The van der Waals surface area contributed by atoms with Crippen molar-refractivity contribution < 1.29 is 18.3 Å². The van der Waals surface area contributed by atoms with Crippen LogP contribution in [0.15, 0.2) is 18.3 Å². The van der Waals surface area contributed by atoms with E-state index in [0.29, 0.717) is 29.6 Å². The summed E-state index contributed by atoms with van der Waals surface area (Å²) in [5.41, 5.74) is 8.32. The number of ether oxygens (including phenoxy) is 2. The number of thioether (sulfide) groups is 1. The van der Waals surface area contributed by atoms with Crippen molar-refractivity contribution >= 4 is 17.6 Å². The molecule has 0 atom stereocenters. The zero-order valence-corrected chi connectivity index (χ0v) is 17.4. The van der Waals surface area contributed by atoms with E-state index in [0.717, 1.165) is 23.4 Å². The molecule has 30 heavy (non-hydrogen) atoms. The van der Waals surface area contributed by atoms with Gasteiger partial charge >= 0.3 is 0 Å². The van der Waals surface area contributed by atoms with Crippen LogP contribution in [0.4, 0.5) is 14.6 Å². The highest BCUT2D eigenvalue weighted by atomic mass is 32.2. The second kappa shape index (κ2) is 8.47. The van der Waals surface area contributed by atoms with Crippen molar-refractivity contribution in [3.05, 3.63) is 46.8 Å². The fourth-order valence-corrected chi connectivity index (χ4v) is 4.39. The number of nitrogen functional groups attached to an aromatic ring is 1. The largest absolute Gasteiger partial charge is 0.494 e. The van der Waals surface area contributed by atoms with Crippen LogP contribution in [0.2, 0.25) is 0 Å². The average Bonchev–Trinajstić information content (AvgIpc) is 3.09. The Morgan fingerprint density at radius 2 is 2.03 bits per heavy atom. The molecule has 2 aromatic heterocycles. The molecular weight excluding hydrogens is 412 g/mol. The number of fused-ring (bicyclic) bond motifs is 1. The summed E-state index contributed by atoms with van der Waals surface area (Å²) in [6, 6.07) is 2.39. The molecule has 3 aromatic rings. The van der Waals surface area contributed by atoms with Crippen molar-refractivity contribution in [2.24, 2.45) is 0 Å². The first-order chi connectivity index (χ1) is 14.5. The van der Waals surface area contributed by atoms with Crippen molar-refractivity contribution in [3.8, 4) is 23.0 Å². The number of hydrogen-bond donors (Lipinski definition) is 1. The maximum Gasteiger partial charge on any atom is 0.182 e. The van der Waals surface area contributed by atoms with E-state index in [9.17, 15) is 8.78 Å². The van der Waals surface area contributed by atoms with Crippen molar-refractivity contribution in [2.75, 3.05) is 25.2 Å². The third-order valence-electron chi connectivity index (χ3n) is 4.84. The number of rotatable bonds is 6. The molecule has 1 aliphatic heterocycles. The first-order valence-electron chi connectivity index (χ1n) is 9.45.